The zero-order valence-electron chi connectivity index (χ0n) is 35.8. The molecule has 0 fully saturated rings. The summed E-state index contributed by atoms with van der Waals surface area (Å²) in [5, 5.41) is 2.38. The van der Waals surface area contributed by atoms with Gasteiger partial charge >= 0.3 is 25.9 Å². The molecule has 0 saturated heterocycles. The van der Waals surface area contributed by atoms with E-state index in [1.807, 2.05) is 0 Å². The van der Waals surface area contributed by atoms with Gasteiger partial charge in [0.25, 0.3) is 0 Å². The van der Waals surface area contributed by atoms with Crippen LogP contribution in [-0.4, -0.2) is 75.7 Å². The molecule has 0 aliphatic rings. The van der Waals surface area contributed by atoms with Gasteiger partial charge < -0.3 is 29.2 Å². The summed E-state index contributed by atoms with van der Waals surface area (Å²) in [4.78, 5) is 46.9. The molecule has 0 aliphatic carbocycles. The van der Waals surface area contributed by atoms with Crippen LogP contribution in [0.4, 0.5) is 4.79 Å². The number of phosphoric acid groups is 1. The molecule has 0 heterocycles. The fourth-order valence-corrected chi connectivity index (χ4v) is 6.79. The number of alkyl carbamates (subject to hydrolysis) is 1. The number of esters is 2. The molecule has 0 aromatic heterocycles. The first-order chi connectivity index (χ1) is 27.2. The third-order valence-corrected chi connectivity index (χ3v) is 10.4. The second kappa shape index (κ2) is 41.2. The van der Waals surface area contributed by atoms with Crippen LogP contribution in [0.1, 0.15) is 194 Å². The molecule has 1 amide bonds. The monoisotopic (exact) mass is 820 g/mol. The number of hydrogen-bond donors (Lipinski definition) is 2. The Balaban J connectivity index is 4.48. The molecule has 2 N–H and O–H groups in total. The summed E-state index contributed by atoms with van der Waals surface area (Å²) >= 11 is 0. The number of nitrogens with one attached hydrogen (secondary N) is 1. The van der Waals surface area contributed by atoms with E-state index in [0.717, 1.165) is 51.4 Å². The number of rotatable bonds is 42. The standard InChI is InChI=1S/C43H82NO11P/c1-4-6-8-10-12-14-16-18-19-21-22-24-26-28-30-32-41(45)52-38-40(39-54-56(48,49)53-35-34-44-43(47)51-37-36-50-3)55-42(46)33-31-29-27-25-23-20-17-15-13-11-9-7-5-2/h18-19,40H,4-17,20-39H2,1-3H3,(H,44,47)(H,48,49)/b19-18-. The van der Waals surface area contributed by atoms with Gasteiger partial charge in [-0.3, -0.25) is 18.6 Å². The summed E-state index contributed by atoms with van der Waals surface area (Å²) in [7, 11) is -3.09. The van der Waals surface area contributed by atoms with E-state index >= 15 is 0 Å². The molecule has 0 aromatic rings. The second-order valence-electron chi connectivity index (χ2n) is 14.8. The molecule has 2 unspecified atom stereocenters. The van der Waals surface area contributed by atoms with Gasteiger partial charge in [-0.1, -0.05) is 154 Å². The lowest BCUT2D eigenvalue weighted by Gasteiger charge is -2.20. The van der Waals surface area contributed by atoms with Crippen LogP contribution in [0.15, 0.2) is 12.2 Å². The number of unbranched alkanes of at least 4 members (excludes halogenated alkanes) is 23. The van der Waals surface area contributed by atoms with Crippen LogP contribution in [0.5, 0.6) is 0 Å². The number of allylic oxidation sites excluding steroid dienone is 2. The molecule has 13 heteroatoms. The number of carbonyl (C=O) groups excluding carboxylic acids is 3. The maximum absolute atomic E-state index is 12.7. The van der Waals surface area contributed by atoms with Crippen molar-refractivity contribution < 1.29 is 51.8 Å². The number of carbonyl (C=O) groups is 3. The number of amides is 1. The molecule has 0 aliphatic heterocycles. The van der Waals surface area contributed by atoms with Gasteiger partial charge in [-0.05, 0) is 38.5 Å². The largest absolute Gasteiger partial charge is 0.472 e. The molecule has 0 saturated carbocycles. The topological polar surface area (TPSA) is 156 Å². The SMILES string of the molecule is CCCCCCCC/C=C\CCCCCCCC(=O)OCC(COP(=O)(O)OCCNC(=O)OCCOC)OC(=O)CCCCCCCCCCCCCCC. The van der Waals surface area contributed by atoms with E-state index in [0.29, 0.717) is 12.8 Å². The predicted molar refractivity (Wildman–Crippen MR) is 224 cm³/mol. The number of ether oxygens (including phenoxy) is 4. The van der Waals surface area contributed by atoms with E-state index in [-0.39, 0.29) is 45.8 Å². The second-order valence-corrected chi connectivity index (χ2v) is 16.2. The molecule has 0 aromatic carbocycles. The van der Waals surface area contributed by atoms with Crippen LogP contribution in [0.2, 0.25) is 0 Å². The Kier molecular flexibility index (Phi) is 39.7. The van der Waals surface area contributed by atoms with E-state index in [2.05, 4.69) is 31.3 Å². The Morgan fingerprint density at radius 1 is 0.571 bits per heavy atom. The summed E-state index contributed by atoms with van der Waals surface area (Å²) in [6.45, 7) is 3.53. The first-order valence-electron chi connectivity index (χ1n) is 22.3. The van der Waals surface area contributed by atoms with Crippen molar-refractivity contribution in [3.05, 3.63) is 12.2 Å². The van der Waals surface area contributed by atoms with Crippen molar-refractivity contribution in [2.45, 2.75) is 200 Å². The van der Waals surface area contributed by atoms with E-state index in [1.54, 1.807) is 0 Å². The van der Waals surface area contributed by atoms with E-state index in [9.17, 15) is 23.8 Å². The number of methoxy groups -OCH3 is 1. The van der Waals surface area contributed by atoms with Crippen LogP contribution >= 0.6 is 7.82 Å². The molecule has 2 atom stereocenters. The fourth-order valence-electron chi connectivity index (χ4n) is 6.04. The smallest absolute Gasteiger partial charge is 0.462 e. The quantitative estimate of drug-likeness (QED) is 0.0199. The maximum Gasteiger partial charge on any atom is 0.472 e. The highest BCUT2D eigenvalue weighted by Gasteiger charge is 2.26. The third-order valence-electron chi connectivity index (χ3n) is 9.43. The molecule has 12 nitrogen and oxygen atoms in total. The zero-order valence-corrected chi connectivity index (χ0v) is 36.6. The lowest BCUT2D eigenvalue weighted by atomic mass is 10.0. The highest BCUT2D eigenvalue weighted by molar-refractivity contribution is 7.47. The third kappa shape index (κ3) is 40.2. The summed E-state index contributed by atoms with van der Waals surface area (Å²) in [6, 6.07) is 0. The lowest BCUT2D eigenvalue weighted by Crippen LogP contribution is -2.30. The van der Waals surface area contributed by atoms with E-state index in [4.69, 9.17) is 28.0 Å². The van der Waals surface area contributed by atoms with Crippen LogP contribution < -0.4 is 5.32 Å². The van der Waals surface area contributed by atoms with Crippen molar-refractivity contribution in [3.63, 3.8) is 0 Å². The Morgan fingerprint density at radius 3 is 1.54 bits per heavy atom. The minimum Gasteiger partial charge on any atom is -0.462 e. The van der Waals surface area contributed by atoms with E-state index in [1.165, 1.54) is 110 Å². The molecule has 0 radical (unpaired) electrons. The normalized spacial score (nSPS) is 13.1. The first-order valence-corrected chi connectivity index (χ1v) is 23.7. The summed E-state index contributed by atoms with van der Waals surface area (Å²) in [5.74, 6) is -0.910. The Bertz CT molecular complexity index is 997. The van der Waals surface area contributed by atoms with E-state index < -0.39 is 38.6 Å². The van der Waals surface area contributed by atoms with Crippen molar-refractivity contribution in [2.75, 3.05) is 46.7 Å². The summed E-state index contributed by atoms with van der Waals surface area (Å²) < 4.78 is 43.0. The van der Waals surface area contributed by atoms with Gasteiger partial charge in [0, 0.05) is 26.5 Å². The Hall–Kier alpha value is -1.98. The van der Waals surface area contributed by atoms with Gasteiger partial charge in [0.15, 0.2) is 6.10 Å². The highest BCUT2D eigenvalue weighted by atomic mass is 31.2. The maximum atomic E-state index is 12.7. The van der Waals surface area contributed by atoms with Crippen molar-refractivity contribution in [1.82, 2.24) is 5.32 Å². The predicted octanol–water partition coefficient (Wildman–Crippen LogP) is 11.5. The fraction of sp³-hybridized carbons (Fsp3) is 0.884. The van der Waals surface area contributed by atoms with Gasteiger partial charge in [0.1, 0.15) is 13.2 Å². The van der Waals surface area contributed by atoms with Crippen molar-refractivity contribution >= 4 is 25.9 Å². The average Bonchev–Trinajstić information content (AvgIpc) is 3.18. The Labute approximate surface area is 340 Å². The molecular weight excluding hydrogens is 737 g/mol. The van der Waals surface area contributed by atoms with Crippen LogP contribution in [0, 0.1) is 0 Å². The van der Waals surface area contributed by atoms with Gasteiger partial charge in [-0.2, -0.15) is 0 Å². The van der Waals surface area contributed by atoms with Gasteiger partial charge in [-0.25, -0.2) is 9.36 Å². The minimum absolute atomic E-state index is 0.0618. The van der Waals surface area contributed by atoms with Crippen molar-refractivity contribution in [3.8, 4) is 0 Å². The molecule has 56 heavy (non-hydrogen) atoms. The molecule has 330 valence electrons. The summed E-state index contributed by atoms with van der Waals surface area (Å²) in [5.41, 5.74) is 0. The Morgan fingerprint density at radius 2 is 1.04 bits per heavy atom. The van der Waals surface area contributed by atoms with Crippen molar-refractivity contribution in [1.29, 1.82) is 0 Å². The molecule has 0 rings (SSSR count). The lowest BCUT2D eigenvalue weighted by molar-refractivity contribution is -0.161. The van der Waals surface area contributed by atoms with Crippen LogP contribution in [-0.2, 0) is 42.1 Å². The number of hydrogen-bond acceptors (Lipinski definition) is 10. The van der Waals surface area contributed by atoms with Crippen molar-refractivity contribution in [2.24, 2.45) is 0 Å². The van der Waals surface area contributed by atoms with Crippen LogP contribution in [0.3, 0.4) is 0 Å². The minimum atomic E-state index is -4.57. The molecule has 0 bridgehead atoms. The molecular formula is C43H82NO11P. The number of phosphoric ester groups is 1. The van der Waals surface area contributed by atoms with Crippen LogP contribution in [0.25, 0.3) is 0 Å². The first kappa shape index (κ1) is 54.0. The van der Waals surface area contributed by atoms with Gasteiger partial charge in [0.2, 0.25) is 0 Å². The van der Waals surface area contributed by atoms with Gasteiger partial charge in [-0.15, -0.1) is 0 Å². The zero-order chi connectivity index (χ0) is 41.2. The highest BCUT2D eigenvalue weighted by Crippen LogP contribution is 2.43. The average molecular weight is 820 g/mol. The molecule has 0 spiro atoms. The summed E-state index contributed by atoms with van der Waals surface area (Å²) in [6.07, 6.45) is 33.8. The van der Waals surface area contributed by atoms with Gasteiger partial charge in [0.05, 0.1) is 19.8 Å².